The Labute approximate surface area is 79.1 Å². The lowest BCUT2D eigenvalue weighted by molar-refractivity contribution is -0.134. The van der Waals surface area contributed by atoms with Gasteiger partial charge in [-0.2, -0.15) is 17.5 Å². The standard InChI is InChI=1S/C5H4BrF3N2S/c6-4-10-3(11-12-4)1-2-5(7,8)9/h1-2H2. The molecule has 1 heterocycles. The van der Waals surface area contributed by atoms with Crippen LogP contribution in [0.4, 0.5) is 13.2 Å². The molecule has 0 fully saturated rings. The Bertz CT molecular complexity index is 259. The van der Waals surface area contributed by atoms with Gasteiger partial charge < -0.3 is 0 Å². The van der Waals surface area contributed by atoms with E-state index in [1.54, 1.807) is 0 Å². The van der Waals surface area contributed by atoms with Gasteiger partial charge in [0.25, 0.3) is 0 Å². The summed E-state index contributed by atoms with van der Waals surface area (Å²) >= 11 is 4.06. The zero-order chi connectivity index (χ0) is 9.19. The van der Waals surface area contributed by atoms with Crippen molar-refractivity contribution in [3.63, 3.8) is 0 Å². The summed E-state index contributed by atoms with van der Waals surface area (Å²) in [5.41, 5.74) is 0. The van der Waals surface area contributed by atoms with Crippen LogP contribution in [0.2, 0.25) is 0 Å². The fraction of sp³-hybridized carbons (Fsp3) is 0.600. The van der Waals surface area contributed by atoms with Crippen LogP contribution in [0, 0.1) is 0 Å². The Kier molecular flexibility index (Phi) is 3.05. The quantitative estimate of drug-likeness (QED) is 0.818. The average molecular weight is 261 g/mol. The molecule has 12 heavy (non-hydrogen) atoms. The summed E-state index contributed by atoms with van der Waals surface area (Å²) in [7, 11) is 0. The number of hydrogen-bond acceptors (Lipinski definition) is 3. The van der Waals surface area contributed by atoms with E-state index in [0.29, 0.717) is 3.92 Å². The van der Waals surface area contributed by atoms with Crippen LogP contribution >= 0.6 is 27.5 Å². The maximum Gasteiger partial charge on any atom is 0.389 e. The van der Waals surface area contributed by atoms with E-state index in [1.165, 1.54) is 0 Å². The van der Waals surface area contributed by atoms with E-state index in [-0.39, 0.29) is 12.2 Å². The molecule has 1 rings (SSSR count). The number of aromatic nitrogens is 2. The number of nitrogens with zero attached hydrogens (tertiary/aromatic N) is 2. The maximum absolute atomic E-state index is 11.7. The average Bonchev–Trinajstić information content (AvgIpc) is 2.30. The van der Waals surface area contributed by atoms with Crippen molar-refractivity contribution in [3.05, 3.63) is 9.74 Å². The van der Waals surface area contributed by atoms with Crippen molar-refractivity contribution < 1.29 is 13.2 Å². The molecule has 0 aromatic carbocycles. The largest absolute Gasteiger partial charge is 0.389 e. The lowest BCUT2D eigenvalue weighted by Gasteiger charge is -2.02. The van der Waals surface area contributed by atoms with Gasteiger partial charge in [-0.15, -0.1) is 0 Å². The molecule has 2 nitrogen and oxygen atoms in total. The van der Waals surface area contributed by atoms with Crippen molar-refractivity contribution in [2.45, 2.75) is 19.0 Å². The lowest BCUT2D eigenvalue weighted by Crippen LogP contribution is -2.09. The van der Waals surface area contributed by atoms with Crippen LogP contribution in [0.3, 0.4) is 0 Å². The maximum atomic E-state index is 11.7. The smallest absolute Gasteiger partial charge is 0.212 e. The van der Waals surface area contributed by atoms with E-state index in [9.17, 15) is 13.2 Å². The first-order chi connectivity index (χ1) is 5.47. The van der Waals surface area contributed by atoms with Crippen LogP contribution in [-0.4, -0.2) is 15.5 Å². The van der Waals surface area contributed by atoms with Gasteiger partial charge in [-0.1, -0.05) is 0 Å². The summed E-state index contributed by atoms with van der Waals surface area (Å²) in [6.07, 6.45) is -5.14. The Morgan fingerprint density at radius 3 is 2.50 bits per heavy atom. The van der Waals surface area contributed by atoms with Crippen LogP contribution in [-0.2, 0) is 6.42 Å². The van der Waals surface area contributed by atoms with Gasteiger partial charge >= 0.3 is 6.18 Å². The normalized spacial score (nSPS) is 12.0. The topological polar surface area (TPSA) is 25.8 Å². The second-order valence-electron chi connectivity index (χ2n) is 2.08. The molecule has 0 bridgehead atoms. The van der Waals surface area contributed by atoms with Gasteiger partial charge in [-0.3, -0.25) is 0 Å². The number of halogens is 4. The summed E-state index contributed by atoms with van der Waals surface area (Å²) in [6.45, 7) is 0. The molecule has 0 radical (unpaired) electrons. The highest BCUT2D eigenvalue weighted by Crippen LogP contribution is 2.22. The fourth-order valence-corrected chi connectivity index (χ4v) is 1.47. The van der Waals surface area contributed by atoms with Gasteiger partial charge in [0.2, 0.25) is 0 Å². The summed E-state index contributed by atoms with van der Waals surface area (Å²) in [6, 6.07) is 0. The van der Waals surface area contributed by atoms with Crippen molar-refractivity contribution in [1.29, 1.82) is 0 Å². The number of rotatable bonds is 2. The van der Waals surface area contributed by atoms with Gasteiger partial charge in [0, 0.05) is 6.42 Å². The zero-order valence-electron chi connectivity index (χ0n) is 5.73. The van der Waals surface area contributed by atoms with Gasteiger partial charge in [0.05, 0.1) is 6.42 Å². The molecule has 0 saturated heterocycles. The molecule has 0 unspecified atom stereocenters. The Hall–Kier alpha value is -0.170. The SMILES string of the molecule is FC(F)(F)CCc1nsc(Br)n1. The Balaban J connectivity index is 2.44. The lowest BCUT2D eigenvalue weighted by atomic mass is 10.3. The molecular weight excluding hydrogens is 257 g/mol. The predicted octanol–water partition coefficient (Wildman–Crippen LogP) is 2.80. The van der Waals surface area contributed by atoms with E-state index < -0.39 is 12.6 Å². The second kappa shape index (κ2) is 3.69. The molecule has 68 valence electrons. The van der Waals surface area contributed by atoms with Crippen molar-refractivity contribution >= 4 is 27.5 Å². The van der Waals surface area contributed by atoms with E-state index in [1.807, 2.05) is 0 Å². The Morgan fingerprint density at radius 1 is 1.42 bits per heavy atom. The minimum Gasteiger partial charge on any atom is -0.212 e. The van der Waals surface area contributed by atoms with Gasteiger partial charge in [0.1, 0.15) is 5.82 Å². The first kappa shape index (κ1) is 9.91. The monoisotopic (exact) mass is 260 g/mol. The van der Waals surface area contributed by atoms with Crippen LogP contribution in [0.15, 0.2) is 3.92 Å². The number of hydrogen-bond donors (Lipinski definition) is 0. The van der Waals surface area contributed by atoms with E-state index in [0.717, 1.165) is 11.5 Å². The molecule has 1 aromatic rings. The van der Waals surface area contributed by atoms with Gasteiger partial charge in [-0.25, -0.2) is 4.98 Å². The van der Waals surface area contributed by atoms with Crippen molar-refractivity contribution in [2.24, 2.45) is 0 Å². The van der Waals surface area contributed by atoms with E-state index in [4.69, 9.17) is 0 Å². The molecular formula is C5H4BrF3N2S. The van der Waals surface area contributed by atoms with Crippen molar-refractivity contribution in [3.8, 4) is 0 Å². The molecule has 0 aliphatic heterocycles. The minimum absolute atomic E-state index is 0.147. The molecule has 0 aliphatic carbocycles. The molecule has 0 amide bonds. The highest BCUT2D eigenvalue weighted by molar-refractivity contribution is 9.11. The Morgan fingerprint density at radius 2 is 2.08 bits per heavy atom. The van der Waals surface area contributed by atoms with Crippen LogP contribution in [0.1, 0.15) is 12.2 Å². The van der Waals surface area contributed by atoms with Gasteiger partial charge in [-0.05, 0) is 27.5 Å². The third-order valence-electron chi connectivity index (χ3n) is 1.08. The van der Waals surface area contributed by atoms with Gasteiger partial charge in [0.15, 0.2) is 3.92 Å². The van der Waals surface area contributed by atoms with E-state index in [2.05, 4.69) is 25.3 Å². The summed E-state index contributed by atoms with van der Waals surface area (Å²) < 4.78 is 39.3. The summed E-state index contributed by atoms with van der Waals surface area (Å²) in [5, 5.41) is 0. The number of alkyl halides is 3. The molecule has 1 aromatic heterocycles. The summed E-state index contributed by atoms with van der Waals surface area (Å²) in [4.78, 5) is 3.74. The third kappa shape index (κ3) is 3.48. The van der Waals surface area contributed by atoms with Crippen molar-refractivity contribution in [2.75, 3.05) is 0 Å². The zero-order valence-corrected chi connectivity index (χ0v) is 8.13. The fourth-order valence-electron chi connectivity index (χ4n) is 0.588. The second-order valence-corrected chi connectivity index (χ2v) is 4.11. The highest BCUT2D eigenvalue weighted by atomic mass is 79.9. The van der Waals surface area contributed by atoms with Crippen molar-refractivity contribution in [1.82, 2.24) is 9.36 Å². The minimum atomic E-state index is -4.13. The number of aryl methyl sites for hydroxylation is 1. The first-order valence-corrected chi connectivity index (χ1v) is 4.59. The summed E-state index contributed by atoms with van der Waals surface area (Å²) in [5.74, 6) is 0.240. The molecule has 0 saturated carbocycles. The highest BCUT2D eigenvalue weighted by Gasteiger charge is 2.27. The third-order valence-corrected chi connectivity index (χ3v) is 2.23. The molecule has 7 heteroatoms. The molecule has 0 N–H and O–H groups in total. The van der Waals surface area contributed by atoms with E-state index >= 15 is 0 Å². The van der Waals surface area contributed by atoms with Crippen LogP contribution in [0.5, 0.6) is 0 Å². The first-order valence-electron chi connectivity index (χ1n) is 3.02. The molecule has 0 atom stereocenters. The molecule has 0 aliphatic rings. The van der Waals surface area contributed by atoms with Crippen LogP contribution < -0.4 is 0 Å². The van der Waals surface area contributed by atoms with Crippen LogP contribution in [0.25, 0.3) is 0 Å². The predicted molar refractivity (Wildman–Crippen MR) is 42.0 cm³/mol. The molecule has 0 spiro atoms.